The van der Waals surface area contributed by atoms with E-state index < -0.39 is 17.7 Å². The number of aliphatic hydroxyl groups is 1. The molecule has 2 heterocycles. The number of carbonyl (C=O) groups excluding carboxylic acids is 2. The van der Waals surface area contributed by atoms with E-state index in [4.69, 9.17) is 9.47 Å². The predicted molar refractivity (Wildman–Crippen MR) is 151 cm³/mol. The largest absolute Gasteiger partial charge is 0.507 e. The predicted octanol–water partition coefficient (Wildman–Crippen LogP) is 6.10. The quantitative estimate of drug-likeness (QED) is 0.208. The Labute approximate surface area is 229 Å². The molecule has 0 bridgehead atoms. The van der Waals surface area contributed by atoms with E-state index in [0.29, 0.717) is 36.8 Å². The van der Waals surface area contributed by atoms with Crippen molar-refractivity contribution >= 4 is 17.4 Å². The number of benzene rings is 3. The molecule has 39 heavy (non-hydrogen) atoms. The van der Waals surface area contributed by atoms with Crippen LogP contribution >= 0.6 is 0 Å². The zero-order chi connectivity index (χ0) is 27.5. The smallest absolute Gasteiger partial charge is 0.295 e. The molecule has 2 aliphatic heterocycles. The molecule has 0 radical (unpaired) electrons. The highest BCUT2D eigenvalue weighted by Gasteiger charge is 2.46. The number of ether oxygens (including phenoxy) is 2. The van der Waals surface area contributed by atoms with E-state index in [1.807, 2.05) is 73.7 Å². The Balaban J connectivity index is 1.53. The first-order chi connectivity index (χ1) is 18.8. The van der Waals surface area contributed by atoms with Crippen LogP contribution in [0.5, 0.6) is 11.5 Å². The number of likely N-dealkylation sites (tertiary alicyclic amines) is 1. The summed E-state index contributed by atoms with van der Waals surface area (Å²) in [7, 11) is 0. The lowest BCUT2D eigenvalue weighted by molar-refractivity contribution is -0.139. The van der Waals surface area contributed by atoms with E-state index in [1.54, 1.807) is 11.0 Å². The molecule has 1 amide bonds. The second kappa shape index (κ2) is 11.4. The van der Waals surface area contributed by atoms with Gasteiger partial charge >= 0.3 is 0 Å². The van der Waals surface area contributed by atoms with Crippen LogP contribution in [0.3, 0.4) is 0 Å². The molecule has 0 aliphatic carbocycles. The number of carbonyl (C=O) groups is 2. The fourth-order valence-corrected chi connectivity index (χ4v) is 5.26. The van der Waals surface area contributed by atoms with Gasteiger partial charge in [0, 0.05) is 18.5 Å². The molecular formula is C33H35NO5. The summed E-state index contributed by atoms with van der Waals surface area (Å²) in [6.45, 7) is 7.19. The summed E-state index contributed by atoms with van der Waals surface area (Å²) in [5, 5.41) is 11.5. The molecule has 6 heteroatoms. The fourth-order valence-electron chi connectivity index (χ4n) is 5.26. The molecule has 2 aliphatic rings. The number of rotatable bonds is 9. The van der Waals surface area contributed by atoms with Gasteiger partial charge in [0.25, 0.3) is 11.7 Å². The third-order valence-corrected chi connectivity index (χ3v) is 7.33. The van der Waals surface area contributed by atoms with Gasteiger partial charge in [0.2, 0.25) is 0 Å². The fraction of sp³-hybridized carbons (Fsp3) is 0.333. The lowest BCUT2D eigenvalue weighted by Gasteiger charge is -2.26. The average molecular weight is 526 g/mol. The van der Waals surface area contributed by atoms with Gasteiger partial charge in [-0.1, -0.05) is 56.3 Å². The second-order valence-corrected chi connectivity index (χ2v) is 10.8. The number of aliphatic hydroxyl groups excluding tert-OH is 1. The van der Waals surface area contributed by atoms with Crippen LogP contribution in [0.25, 0.3) is 5.76 Å². The van der Waals surface area contributed by atoms with Crippen LogP contribution in [-0.2, 0) is 22.4 Å². The van der Waals surface area contributed by atoms with Gasteiger partial charge in [-0.3, -0.25) is 9.59 Å². The summed E-state index contributed by atoms with van der Waals surface area (Å²) >= 11 is 0. The van der Waals surface area contributed by atoms with E-state index in [0.717, 1.165) is 35.3 Å². The highest BCUT2D eigenvalue weighted by Crippen LogP contribution is 2.41. The summed E-state index contributed by atoms with van der Waals surface area (Å²) in [5.74, 6) is 0.507. The first-order valence-electron chi connectivity index (χ1n) is 13.7. The highest BCUT2D eigenvalue weighted by molar-refractivity contribution is 6.46. The number of nitrogens with zero attached hydrogens (tertiary/aromatic N) is 1. The van der Waals surface area contributed by atoms with Crippen LogP contribution in [0.1, 0.15) is 55.5 Å². The van der Waals surface area contributed by atoms with Crippen LogP contribution in [0, 0.1) is 5.92 Å². The normalized spacial score (nSPS) is 19.8. The molecule has 6 nitrogen and oxygen atoms in total. The van der Waals surface area contributed by atoms with Gasteiger partial charge in [-0.2, -0.15) is 0 Å². The van der Waals surface area contributed by atoms with E-state index >= 15 is 0 Å². The van der Waals surface area contributed by atoms with Crippen LogP contribution in [0.2, 0.25) is 0 Å². The van der Waals surface area contributed by atoms with Gasteiger partial charge in [0.05, 0.1) is 18.2 Å². The van der Waals surface area contributed by atoms with E-state index in [9.17, 15) is 14.7 Å². The van der Waals surface area contributed by atoms with Gasteiger partial charge in [-0.25, -0.2) is 0 Å². The Morgan fingerprint density at radius 3 is 2.62 bits per heavy atom. The monoisotopic (exact) mass is 525 g/mol. The second-order valence-electron chi connectivity index (χ2n) is 10.8. The van der Waals surface area contributed by atoms with Crippen LogP contribution < -0.4 is 9.47 Å². The molecule has 0 spiro atoms. The Morgan fingerprint density at radius 2 is 1.85 bits per heavy atom. The van der Waals surface area contributed by atoms with Crippen LogP contribution in [-0.4, -0.2) is 41.0 Å². The number of hydrogen-bond donors (Lipinski definition) is 1. The molecule has 2 unspecified atom stereocenters. The van der Waals surface area contributed by atoms with Crippen molar-refractivity contribution in [3.63, 3.8) is 0 Å². The topological polar surface area (TPSA) is 76.1 Å². The first-order valence-corrected chi connectivity index (χ1v) is 13.7. The van der Waals surface area contributed by atoms with E-state index in [2.05, 4.69) is 13.8 Å². The molecule has 3 aromatic carbocycles. The summed E-state index contributed by atoms with van der Waals surface area (Å²) < 4.78 is 11.8. The van der Waals surface area contributed by atoms with Crippen molar-refractivity contribution in [3.05, 3.63) is 101 Å². The molecule has 3 aromatic rings. The van der Waals surface area contributed by atoms with Crippen LogP contribution in [0.15, 0.2) is 78.4 Å². The zero-order valence-corrected chi connectivity index (χ0v) is 22.7. The van der Waals surface area contributed by atoms with Crippen molar-refractivity contribution in [3.8, 4) is 11.5 Å². The summed E-state index contributed by atoms with van der Waals surface area (Å²) in [4.78, 5) is 28.5. The molecule has 5 rings (SSSR count). The number of fused-ring (bicyclic) bond motifs is 1. The first kappa shape index (κ1) is 26.5. The Morgan fingerprint density at radius 1 is 1.05 bits per heavy atom. The Kier molecular flexibility index (Phi) is 7.73. The molecule has 2 atom stereocenters. The third kappa shape index (κ3) is 5.70. The van der Waals surface area contributed by atoms with Crippen molar-refractivity contribution < 1.29 is 24.2 Å². The molecule has 1 saturated heterocycles. The van der Waals surface area contributed by atoms with Crippen molar-refractivity contribution in [2.45, 2.75) is 52.2 Å². The van der Waals surface area contributed by atoms with Crippen molar-refractivity contribution in [2.75, 3.05) is 13.2 Å². The number of hydrogen-bond acceptors (Lipinski definition) is 5. The lowest BCUT2D eigenvalue weighted by Crippen LogP contribution is -2.31. The molecule has 0 aromatic heterocycles. The lowest BCUT2D eigenvalue weighted by atomic mass is 9.94. The maximum Gasteiger partial charge on any atom is 0.295 e. The zero-order valence-electron chi connectivity index (χ0n) is 22.7. The van der Waals surface area contributed by atoms with E-state index in [1.165, 1.54) is 0 Å². The third-order valence-electron chi connectivity index (χ3n) is 7.33. The van der Waals surface area contributed by atoms with Gasteiger partial charge in [0.1, 0.15) is 23.4 Å². The van der Waals surface area contributed by atoms with Gasteiger partial charge in [-0.05, 0) is 72.7 Å². The standard InChI is InChI=1S/C33H35NO5/c1-21(2)15-17-38-27-11-7-10-24(20-27)30-29(31(35)25-12-13-28-26(19-25)18-22(3)39-28)32(36)33(37)34(30)16-14-23-8-5-4-6-9-23/h4-13,19-22,30,35H,14-18H2,1-3H3/b31-29-. The van der Waals surface area contributed by atoms with Crippen LogP contribution in [0.4, 0.5) is 0 Å². The average Bonchev–Trinajstić information content (AvgIpc) is 3.42. The molecule has 1 N–H and O–H groups in total. The summed E-state index contributed by atoms with van der Waals surface area (Å²) in [6, 6.07) is 22.0. The number of ketones is 1. The highest BCUT2D eigenvalue weighted by atomic mass is 16.5. The number of Topliss-reactive ketones (excluding diaryl/α,β-unsaturated/α-hetero) is 1. The SMILES string of the molecule is CC(C)CCOc1cccc(C2/C(=C(/O)c3ccc4c(c3)CC(C)O4)C(=O)C(=O)N2CCc2ccccc2)c1. The summed E-state index contributed by atoms with van der Waals surface area (Å²) in [5.41, 5.74) is 3.36. The molecule has 1 fully saturated rings. The maximum absolute atomic E-state index is 13.5. The van der Waals surface area contributed by atoms with E-state index in [-0.39, 0.29) is 17.4 Å². The van der Waals surface area contributed by atoms with Crippen molar-refractivity contribution in [1.82, 2.24) is 4.90 Å². The van der Waals surface area contributed by atoms with Crippen molar-refractivity contribution in [2.24, 2.45) is 5.92 Å². The Bertz CT molecular complexity index is 1390. The molecular weight excluding hydrogens is 490 g/mol. The Hall–Kier alpha value is -4.06. The van der Waals surface area contributed by atoms with Crippen molar-refractivity contribution in [1.29, 1.82) is 0 Å². The van der Waals surface area contributed by atoms with Gasteiger partial charge in [0.15, 0.2) is 0 Å². The van der Waals surface area contributed by atoms with Gasteiger partial charge in [-0.15, -0.1) is 0 Å². The maximum atomic E-state index is 13.5. The minimum absolute atomic E-state index is 0.0550. The molecule has 0 saturated carbocycles. The molecule has 202 valence electrons. The summed E-state index contributed by atoms with van der Waals surface area (Å²) in [6.07, 6.45) is 2.28. The number of amides is 1. The van der Waals surface area contributed by atoms with Gasteiger partial charge < -0.3 is 19.5 Å². The minimum atomic E-state index is -0.731. The minimum Gasteiger partial charge on any atom is -0.507 e.